The second-order valence-electron chi connectivity index (χ2n) is 4.93. The van der Waals surface area contributed by atoms with Crippen molar-refractivity contribution in [3.05, 3.63) is 22.6 Å². The Balaban J connectivity index is 3.00. The van der Waals surface area contributed by atoms with Crippen LogP contribution in [-0.2, 0) is 0 Å². The van der Waals surface area contributed by atoms with Crippen LogP contribution in [-0.4, -0.2) is 6.54 Å². The zero-order chi connectivity index (χ0) is 12.3. The minimum absolute atomic E-state index is 0.414. The van der Waals surface area contributed by atoms with Crippen molar-refractivity contribution in [3.8, 4) is 0 Å². The first-order valence-electron chi connectivity index (χ1n) is 6.28. The monoisotopic (exact) mass is 223 g/mol. The minimum atomic E-state index is 0.414. The highest BCUT2D eigenvalue weighted by molar-refractivity contribution is 5.34. The molecule has 0 bridgehead atoms. The molecule has 0 aliphatic heterocycles. The Morgan fingerprint density at radius 1 is 1.12 bits per heavy atom. The molecule has 1 unspecified atom stereocenters. The molecule has 0 aliphatic carbocycles. The van der Waals surface area contributed by atoms with Crippen LogP contribution < -0.4 is 5.32 Å². The molecule has 1 rings (SSSR count). The topological polar surface area (TPSA) is 25.2 Å². The second kappa shape index (κ2) is 5.53. The Morgan fingerprint density at radius 2 is 1.75 bits per heavy atom. The van der Waals surface area contributed by atoms with E-state index in [1.54, 1.807) is 0 Å². The molecule has 0 saturated heterocycles. The Kier molecular flexibility index (Phi) is 4.60. The number of rotatable bonds is 5. The maximum absolute atomic E-state index is 5.72. The fourth-order valence-corrected chi connectivity index (χ4v) is 2.24. The van der Waals surface area contributed by atoms with Gasteiger partial charge in [-0.25, -0.2) is 0 Å². The molecular formula is C14H25NO. The van der Waals surface area contributed by atoms with Gasteiger partial charge in [-0.2, -0.15) is 0 Å². The first kappa shape index (κ1) is 13.3. The van der Waals surface area contributed by atoms with E-state index in [1.807, 2.05) is 6.92 Å². The number of aryl methyl sites for hydroxylation is 2. The Labute approximate surface area is 99.4 Å². The molecule has 1 aromatic rings. The van der Waals surface area contributed by atoms with Gasteiger partial charge in [0.2, 0.25) is 0 Å². The fraction of sp³-hybridized carbons (Fsp3) is 0.714. The normalized spacial score (nSPS) is 13.4. The number of nitrogens with one attached hydrogen (secondary N) is 1. The van der Waals surface area contributed by atoms with Crippen LogP contribution in [0.2, 0.25) is 0 Å². The summed E-state index contributed by atoms with van der Waals surface area (Å²) >= 11 is 0. The van der Waals surface area contributed by atoms with Crippen molar-refractivity contribution in [2.75, 3.05) is 6.54 Å². The van der Waals surface area contributed by atoms with Crippen LogP contribution in [0.1, 0.15) is 55.9 Å². The number of furan rings is 1. The molecule has 0 saturated carbocycles. The van der Waals surface area contributed by atoms with E-state index < -0.39 is 0 Å². The fourth-order valence-electron chi connectivity index (χ4n) is 2.24. The summed E-state index contributed by atoms with van der Waals surface area (Å²) in [6, 6.07) is 0.414. The summed E-state index contributed by atoms with van der Waals surface area (Å²) < 4.78 is 5.72. The van der Waals surface area contributed by atoms with Crippen LogP contribution in [0.5, 0.6) is 0 Å². The summed E-state index contributed by atoms with van der Waals surface area (Å²) in [6.07, 6.45) is 1.16. The minimum Gasteiger partial charge on any atom is -0.466 e. The predicted octanol–water partition coefficient (Wildman–Crippen LogP) is 3.90. The van der Waals surface area contributed by atoms with Gasteiger partial charge < -0.3 is 9.73 Å². The van der Waals surface area contributed by atoms with Crippen molar-refractivity contribution in [2.45, 2.75) is 54.0 Å². The van der Waals surface area contributed by atoms with Crippen LogP contribution in [0.4, 0.5) is 0 Å². The molecule has 2 heteroatoms. The molecule has 1 aromatic heterocycles. The maximum Gasteiger partial charge on any atom is 0.106 e. The van der Waals surface area contributed by atoms with Gasteiger partial charge in [0.15, 0.2) is 0 Å². The lowest BCUT2D eigenvalue weighted by molar-refractivity contribution is 0.402. The van der Waals surface area contributed by atoms with Gasteiger partial charge in [0.05, 0.1) is 0 Å². The molecule has 0 radical (unpaired) electrons. The van der Waals surface area contributed by atoms with Gasteiger partial charge in [0.1, 0.15) is 11.5 Å². The Bertz CT molecular complexity index is 339. The van der Waals surface area contributed by atoms with Gasteiger partial charge >= 0.3 is 0 Å². The summed E-state index contributed by atoms with van der Waals surface area (Å²) in [6.45, 7) is 14.0. The summed E-state index contributed by atoms with van der Waals surface area (Å²) in [5.41, 5.74) is 2.67. The first-order chi connectivity index (χ1) is 7.49. The van der Waals surface area contributed by atoms with Crippen LogP contribution in [0.25, 0.3) is 0 Å². The highest BCUT2D eigenvalue weighted by atomic mass is 16.3. The summed E-state index contributed by atoms with van der Waals surface area (Å²) in [4.78, 5) is 0. The molecule has 0 fully saturated rings. The average Bonchev–Trinajstić information content (AvgIpc) is 2.44. The smallest absolute Gasteiger partial charge is 0.106 e. The van der Waals surface area contributed by atoms with E-state index in [1.165, 1.54) is 11.1 Å². The third kappa shape index (κ3) is 2.67. The van der Waals surface area contributed by atoms with E-state index in [0.717, 1.165) is 24.5 Å². The van der Waals surface area contributed by atoms with Gasteiger partial charge in [0, 0.05) is 11.6 Å². The van der Waals surface area contributed by atoms with E-state index in [9.17, 15) is 0 Å². The Hall–Kier alpha value is -0.760. The summed E-state index contributed by atoms with van der Waals surface area (Å²) in [5.74, 6) is 2.70. The zero-order valence-electron chi connectivity index (χ0n) is 11.5. The maximum atomic E-state index is 5.72. The van der Waals surface area contributed by atoms with E-state index in [4.69, 9.17) is 4.42 Å². The van der Waals surface area contributed by atoms with Crippen molar-refractivity contribution >= 4 is 0 Å². The second-order valence-corrected chi connectivity index (χ2v) is 4.93. The molecule has 0 spiro atoms. The lowest BCUT2D eigenvalue weighted by atomic mass is 9.93. The third-order valence-electron chi connectivity index (χ3n) is 3.21. The standard InChI is InChI=1S/C14H25NO/c1-7-8-15-14(9(2)3)13-10(4)11(5)16-12(13)6/h9,14-15H,7-8H2,1-6H3. The lowest BCUT2D eigenvalue weighted by Crippen LogP contribution is -2.27. The third-order valence-corrected chi connectivity index (χ3v) is 3.21. The van der Waals surface area contributed by atoms with Crippen molar-refractivity contribution in [1.29, 1.82) is 0 Å². The van der Waals surface area contributed by atoms with Crippen LogP contribution in [0.15, 0.2) is 4.42 Å². The molecule has 1 N–H and O–H groups in total. The van der Waals surface area contributed by atoms with E-state index in [-0.39, 0.29) is 0 Å². The molecule has 1 heterocycles. The predicted molar refractivity (Wildman–Crippen MR) is 68.8 cm³/mol. The van der Waals surface area contributed by atoms with Gasteiger partial charge in [0.25, 0.3) is 0 Å². The van der Waals surface area contributed by atoms with Crippen molar-refractivity contribution in [3.63, 3.8) is 0 Å². The molecule has 16 heavy (non-hydrogen) atoms. The van der Waals surface area contributed by atoms with Gasteiger partial charge in [-0.1, -0.05) is 20.8 Å². The molecule has 1 atom stereocenters. The summed E-state index contributed by atoms with van der Waals surface area (Å²) in [7, 11) is 0. The van der Waals surface area contributed by atoms with E-state index >= 15 is 0 Å². The van der Waals surface area contributed by atoms with Crippen molar-refractivity contribution < 1.29 is 4.42 Å². The van der Waals surface area contributed by atoms with Crippen LogP contribution in [0, 0.1) is 26.7 Å². The van der Waals surface area contributed by atoms with Gasteiger partial charge in [-0.3, -0.25) is 0 Å². The SMILES string of the molecule is CCCNC(c1c(C)oc(C)c1C)C(C)C. The first-order valence-corrected chi connectivity index (χ1v) is 6.28. The highest BCUT2D eigenvalue weighted by Crippen LogP contribution is 2.31. The molecule has 92 valence electrons. The van der Waals surface area contributed by atoms with Crippen LogP contribution in [0.3, 0.4) is 0 Å². The number of hydrogen-bond acceptors (Lipinski definition) is 2. The lowest BCUT2D eigenvalue weighted by Gasteiger charge is -2.23. The molecule has 0 aromatic carbocycles. The molecule has 2 nitrogen and oxygen atoms in total. The van der Waals surface area contributed by atoms with Crippen molar-refractivity contribution in [1.82, 2.24) is 5.32 Å². The van der Waals surface area contributed by atoms with Crippen LogP contribution >= 0.6 is 0 Å². The van der Waals surface area contributed by atoms with E-state index in [2.05, 4.69) is 39.9 Å². The Morgan fingerprint density at radius 3 is 2.12 bits per heavy atom. The van der Waals surface area contributed by atoms with Gasteiger partial charge in [-0.05, 0) is 45.2 Å². The molecular weight excluding hydrogens is 198 g/mol. The largest absolute Gasteiger partial charge is 0.466 e. The van der Waals surface area contributed by atoms with Crippen molar-refractivity contribution in [2.24, 2.45) is 5.92 Å². The van der Waals surface area contributed by atoms with Gasteiger partial charge in [-0.15, -0.1) is 0 Å². The highest BCUT2D eigenvalue weighted by Gasteiger charge is 2.22. The average molecular weight is 223 g/mol. The molecule has 0 aliphatic rings. The number of hydrogen-bond donors (Lipinski definition) is 1. The zero-order valence-corrected chi connectivity index (χ0v) is 11.5. The molecule has 0 amide bonds. The summed E-state index contributed by atoms with van der Waals surface area (Å²) in [5, 5.41) is 3.62. The quantitative estimate of drug-likeness (QED) is 0.819. The van der Waals surface area contributed by atoms with E-state index in [0.29, 0.717) is 12.0 Å².